The Labute approximate surface area is 185 Å². The average Bonchev–Trinajstić information content (AvgIpc) is 3.30. The third kappa shape index (κ3) is 3.04. The summed E-state index contributed by atoms with van der Waals surface area (Å²) < 4.78 is 28.9. The van der Waals surface area contributed by atoms with E-state index in [1.807, 2.05) is 61.7 Å². The number of nitrogen functional groups attached to an aromatic ring is 1. The van der Waals surface area contributed by atoms with Crippen LogP contribution in [-0.2, 0) is 10.0 Å². The number of anilines is 1. The molecule has 4 aromatic heterocycles. The van der Waals surface area contributed by atoms with Crippen LogP contribution < -0.4 is 5.73 Å². The molecule has 0 fully saturated rings. The largest absolute Gasteiger partial charge is 0.368 e. The molecule has 0 amide bonds. The smallest absolute Gasteiger partial charge is 0.244 e. The number of benzene rings is 1. The van der Waals surface area contributed by atoms with Crippen molar-refractivity contribution in [3.05, 3.63) is 66.5 Å². The zero-order valence-electron chi connectivity index (χ0n) is 17.9. The molecule has 0 unspecified atom stereocenters. The SMILES string of the molecule is Cc1cccc(-c2nn3ccccc3c2-c2ccc3nc(N)n(S(=O)(=O)C(C)C)c3c2)n1. The first-order valence-corrected chi connectivity index (χ1v) is 11.7. The number of imidazole rings is 1. The lowest BCUT2D eigenvalue weighted by Gasteiger charge is -2.11. The van der Waals surface area contributed by atoms with Gasteiger partial charge in [-0.2, -0.15) is 5.10 Å². The van der Waals surface area contributed by atoms with Gasteiger partial charge < -0.3 is 5.73 Å². The molecule has 2 N–H and O–H groups in total. The summed E-state index contributed by atoms with van der Waals surface area (Å²) in [5, 5.41) is 4.13. The van der Waals surface area contributed by atoms with Gasteiger partial charge in [0.1, 0.15) is 5.69 Å². The van der Waals surface area contributed by atoms with Crippen LogP contribution in [0.2, 0.25) is 0 Å². The second-order valence-electron chi connectivity index (χ2n) is 7.95. The fraction of sp³-hybridized carbons (Fsp3) is 0.174. The maximum absolute atomic E-state index is 13.0. The van der Waals surface area contributed by atoms with Crippen LogP contribution in [0.25, 0.3) is 39.1 Å². The molecule has 0 spiro atoms. The molecule has 0 aliphatic rings. The van der Waals surface area contributed by atoms with E-state index in [1.165, 1.54) is 0 Å². The first kappa shape index (κ1) is 20.2. The highest BCUT2D eigenvalue weighted by molar-refractivity contribution is 7.90. The fourth-order valence-electron chi connectivity index (χ4n) is 3.84. The Morgan fingerprint density at radius 3 is 2.53 bits per heavy atom. The Bertz CT molecular complexity index is 1600. The highest BCUT2D eigenvalue weighted by atomic mass is 32.2. The van der Waals surface area contributed by atoms with E-state index >= 15 is 0 Å². The van der Waals surface area contributed by atoms with Crippen LogP contribution in [-0.4, -0.2) is 37.2 Å². The molecule has 8 nitrogen and oxygen atoms in total. The second-order valence-corrected chi connectivity index (χ2v) is 10.3. The molecule has 0 aliphatic carbocycles. The summed E-state index contributed by atoms with van der Waals surface area (Å²) in [7, 11) is -3.69. The van der Waals surface area contributed by atoms with Crippen molar-refractivity contribution in [2.24, 2.45) is 0 Å². The van der Waals surface area contributed by atoms with Crippen molar-refractivity contribution in [2.45, 2.75) is 26.0 Å². The summed E-state index contributed by atoms with van der Waals surface area (Å²) in [6.07, 6.45) is 1.88. The van der Waals surface area contributed by atoms with Gasteiger partial charge in [-0.05, 0) is 62.7 Å². The van der Waals surface area contributed by atoms with E-state index in [9.17, 15) is 8.42 Å². The highest BCUT2D eigenvalue weighted by Gasteiger charge is 2.25. The predicted molar refractivity (Wildman–Crippen MR) is 126 cm³/mol. The van der Waals surface area contributed by atoms with Gasteiger partial charge in [0, 0.05) is 17.5 Å². The second kappa shape index (κ2) is 7.16. The normalized spacial score (nSPS) is 12.2. The van der Waals surface area contributed by atoms with Gasteiger partial charge in [-0.1, -0.05) is 18.2 Å². The lowest BCUT2D eigenvalue weighted by atomic mass is 10.0. The van der Waals surface area contributed by atoms with Crippen molar-refractivity contribution >= 4 is 32.5 Å². The number of hydrogen-bond donors (Lipinski definition) is 1. The number of aryl methyl sites for hydroxylation is 1. The Morgan fingerprint density at radius 1 is 0.969 bits per heavy atom. The van der Waals surface area contributed by atoms with E-state index in [1.54, 1.807) is 24.4 Å². The number of pyridine rings is 2. The summed E-state index contributed by atoms with van der Waals surface area (Å²) in [4.78, 5) is 8.93. The summed E-state index contributed by atoms with van der Waals surface area (Å²) >= 11 is 0. The van der Waals surface area contributed by atoms with Gasteiger partial charge in [-0.15, -0.1) is 0 Å². The molecule has 0 bridgehead atoms. The summed E-state index contributed by atoms with van der Waals surface area (Å²) in [5.41, 5.74) is 11.9. The van der Waals surface area contributed by atoms with E-state index < -0.39 is 15.3 Å². The third-order valence-electron chi connectivity index (χ3n) is 5.45. The monoisotopic (exact) mass is 446 g/mol. The number of rotatable bonds is 4. The molecule has 0 saturated heterocycles. The first-order valence-electron chi connectivity index (χ1n) is 10.2. The molecule has 5 aromatic rings. The van der Waals surface area contributed by atoms with Crippen LogP contribution in [0.1, 0.15) is 19.5 Å². The van der Waals surface area contributed by atoms with E-state index in [0.717, 1.165) is 32.0 Å². The van der Waals surface area contributed by atoms with Crippen molar-refractivity contribution < 1.29 is 8.42 Å². The number of aromatic nitrogens is 5. The van der Waals surface area contributed by atoms with Gasteiger partial charge in [0.05, 0.1) is 27.5 Å². The molecule has 32 heavy (non-hydrogen) atoms. The minimum Gasteiger partial charge on any atom is -0.368 e. The summed E-state index contributed by atoms with van der Waals surface area (Å²) in [5.74, 6) is -0.0497. The predicted octanol–water partition coefficient (Wildman–Crippen LogP) is 3.89. The standard InChI is InChI=1S/C23H22N6O2S/c1-14(2)32(30,31)29-20-13-16(10-11-17(20)26-23(29)24)21-19-9-4-5-12-28(19)27-22(21)18-8-6-7-15(3)25-18/h4-14H,1-3H3,(H2,24,26). The molecule has 0 atom stereocenters. The van der Waals surface area contributed by atoms with Crippen molar-refractivity contribution in [1.82, 2.24) is 23.6 Å². The lowest BCUT2D eigenvalue weighted by molar-refractivity contribution is 0.580. The molecule has 0 saturated carbocycles. The molecule has 4 heterocycles. The maximum atomic E-state index is 13.0. The van der Waals surface area contributed by atoms with Crippen LogP contribution in [0.5, 0.6) is 0 Å². The number of fused-ring (bicyclic) bond motifs is 2. The molecule has 5 rings (SSSR count). The minimum absolute atomic E-state index is 0.0497. The molecule has 0 radical (unpaired) electrons. The van der Waals surface area contributed by atoms with Crippen molar-refractivity contribution in [3.8, 4) is 22.5 Å². The van der Waals surface area contributed by atoms with Crippen molar-refractivity contribution in [2.75, 3.05) is 5.73 Å². The molecular formula is C23H22N6O2S. The van der Waals surface area contributed by atoms with E-state index in [4.69, 9.17) is 10.8 Å². The van der Waals surface area contributed by atoms with E-state index in [2.05, 4.69) is 9.97 Å². The number of nitrogens with two attached hydrogens (primary N) is 1. The number of nitrogens with zero attached hydrogens (tertiary/aromatic N) is 5. The van der Waals surface area contributed by atoms with Crippen LogP contribution in [0.4, 0.5) is 5.95 Å². The fourth-order valence-corrected chi connectivity index (χ4v) is 4.99. The van der Waals surface area contributed by atoms with Crippen molar-refractivity contribution in [3.63, 3.8) is 0 Å². The van der Waals surface area contributed by atoms with Crippen LogP contribution in [0.3, 0.4) is 0 Å². The van der Waals surface area contributed by atoms with Gasteiger partial charge in [0.2, 0.25) is 16.0 Å². The average molecular weight is 447 g/mol. The van der Waals surface area contributed by atoms with Crippen LogP contribution >= 0.6 is 0 Å². The van der Waals surface area contributed by atoms with Gasteiger partial charge in [0.25, 0.3) is 0 Å². The Morgan fingerprint density at radius 2 is 1.78 bits per heavy atom. The Hall–Kier alpha value is -3.72. The zero-order chi connectivity index (χ0) is 22.6. The quantitative estimate of drug-likeness (QED) is 0.449. The van der Waals surface area contributed by atoms with Gasteiger partial charge in [-0.3, -0.25) is 4.98 Å². The molecule has 162 valence electrons. The summed E-state index contributed by atoms with van der Waals surface area (Å²) in [6, 6.07) is 17.1. The molecule has 9 heteroatoms. The lowest BCUT2D eigenvalue weighted by Crippen LogP contribution is -2.23. The molecule has 0 aliphatic heterocycles. The zero-order valence-corrected chi connectivity index (χ0v) is 18.7. The minimum atomic E-state index is -3.69. The Balaban J connectivity index is 1.83. The van der Waals surface area contributed by atoms with Gasteiger partial charge >= 0.3 is 0 Å². The van der Waals surface area contributed by atoms with Gasteiger partial charge in [-0.25, -0.2) is 21.9 Å². The van der Waals surface area contributed by atoms with Crippen molar-refractivity contribution in [1.29, 1.82) is 0 Å². The van der Waals surface area contributed by atoms with Gasteiger partial charge in [0.15, 0.2) is 0 Å². The van der Waals surface area contributed by atoms with Crippen LogP contribution in [0, 0.1) is 6.92 Å². The van der Waals surface area contributed by atoms with E-state index in [0.29, 0.717) is 16.7 Å². The Kier molecular flexibility index (Phi) is 4.52. The first-order chi connectivity index (χ1) is 15.3. The highest BCUT2D eigenvalue weighted by Crippen LogP contribution is 2.36. The third-order valence-corrected chi connectivity index (χ3v) is 7.53. The van der Waals surface area contributed by atoms with Crippen LogP contribution in [0.15, 0.2) is 60.8 Å². The molecule has 1 aromatic carbocycles. The topological polar surface area (TPSA) is 108 Å². The summed E-state index contributed by atoms with van der Waals surface area (Å²) in [6.45, 7) is 5.18. The maximum Gasteiger partial charge on any atom is 0.244 e. The number of hydrogen-bond acceptors (Lipinski definition) is 6. The van der Waals surface area contributed by atoms with E-state index in [-0.39, 0.29) is 5.95 Å². The molecular weight excluding hydrogens is 424 g/mol.